The van der Waals surface area contributed by atoms with Gasteiger partial charge in [-0.1, -0.05) is 17.7 Å². The molecule has 1 aliphatic heterocycles. The van der Waals surface area contributed by atoms with Crippen LogP contribution in [0.2, 0.25) is 0 Å². The minimum Gasteiger partial charge on any atom is -0.496 e. The Morgan fingerprint density at radius 3 is 2.35 bits per heavy atom. The third kappa shape index (κ3) is 3.83. The molecule has 6 nitrogen and oxygen atoms in total. The summed E-state index contributed by atoms with van der Waals surface area (Å²) in [7, 11) is -2.34. The molecule has 0 spiro atoms. The van der Waals surface area contributed by atoms with Gasteiger partial charge in [-0.25, -0.2) is 8.42 Å². The molecule has 0 saturated carbocycles. The Labute approximate surface area is 153 Å². The molecule has 0 aromatic heterocycles. The van der Waals surface area contributed by atoms with Crippen molar-refractivity contribution in [2.75, 3.05) is 24.9 Å². The van der Waals surface area contributed by atoms with Crippen molar-refractivity contribution >= 4 is 21.6 Å². The fourth-order valence-corrected chi connectivity index (χ4v) is 4.03. The number of methoxy groups -OCH3 is 1. The standard InChI is InChI=1S/C19H22N2O4S/c1-14-5-7-15(8-6-14)20-26(23,24)16-9-10-18(25-2)17(13-16)19(22)21-11-3-4-12-21/h5-10,13,20H,3-4,11-12H2,1-2H3. The summed E-state index contributed by atoms with van der Waals surface area (Å²) in [6.07, 6.45) is 1.92. The summed E-state index contributed by atoms with van der Waals surface area (Å²) in [5.74, 6) is 0.169. The quantitative estimate of drug-likeness (QED) is 0.873. The molecule has 1 aliphatic rings. The molecule has 2 aromatic rings. The SMILES string of the molecule is COc1ccc(S(=O)(=O)Nc2ccc(C)cc2)cc1C(=O)N1CCCC1. The molecule has 1 fully saturated rings. The fourth-order valence-electron chi connectivity index (χ4n) is 2.95. The van der Waals surface area contributed by atoms with E-state index in [0.717, 1.165) is 18.4 Å². The molecule has 138 valence electrons. The normalized spacial score (nSPS) is 14.3. The van der Waals surface area contributed by atoms with Crippen LogP contribution in [-0.4, -0.2) is 39.4 Å². The van der Waals surface area contributed by atoms with Gasteiger partial charge in [0, 0.05) is 18.8 Å². The summed E-state index contributed by atoms with van der Waals surface area (Å²) >= 11 is 0. The lowest BCUT2D eigenvalue weighted by atomic mass is 10.1. The van der Waals surface area contributed by atoms with Crippen molar-refractivity contribution in [2.45, 2.75) is 24.7 Å². The second-order valence-corrected chi connectivity index (χ2v) is 8.02. The van der Waals surface area contributed by atoms with Gasteiger partial charge in [0.15, 0.2) is 0 Å². The second-order valence-electron chi connectivity index (χ2n) is 6.33. The number of carbonyl (C=O) groups excluding carboxylic acids is 1. The van der Waals surface area contributed by atoms with E-state index in [1.807, 2.05) is 19.1 Å². The number of sulfonamides is 1. The van der Waals surface area contributed by atoms with E-state index in [1.165, 1.54) is 25.3 Å². The molecule has 1 heterocycles. The first-order valence-corrected chi connectivity index (χ1v) is 9.96. The van der Waals surface area contributed by atoms with Crippen LogP contribution < -0.4 is 9.46 Å². The first-order chi connectivity index (χ1) is 12.4. The van der Waals surface area contributed by atoms with Gasteiger partial charge in [0.25, 0.3) is 15.9 Å². The van der Waals surface area contributed by atoms with Gasteiger partial charge in [0.1, 0.15) is 5.75 Å². The van der Waals surface area contributed by atoms with Gasteiger partial charge >= 0.3 is 0 Å². The van der Waals surface area contributed by atoms with Gasteiger partial charge in [-0.15, -0.1) is 0 Å². The number of rotatable bonds is 5. The molecule has 0 atom stereocenters. The first kappa shape index (κ1) is 18.3. The topological polar surface area (TPSA) is 75.7 Å². The minimum absolute atomic E-state index is 0.0291. The molecule has 1 saturated heterocycles. The van der Waals surface area contributed by atoms with Crippen molar-refractivity contribution in [1.29, 1.82) is 0 Å². The predicted molar refractivity (Wildman–Crippen MR) is 100 cm³/mol. The number of ether oxygens (including phenoxy) is 1. The Morgan fingerprint density at radius 2 is 1.73 bits per heavy atom. The number of hydrogen-bond acceptors (Lipinski definition) is 4. The number of carbonyl (C=O) groups is 1. The van der Waals surface area contributed by atoms with E-state index in [-0.39, 0.29) is 16.4 Å². The molecule has 0 unspecified atom stereocenters. The lowest BCUT2D eigenvalue weighted by Crippen LogP contribution is -2.28. The average molecular weight is 374 g/mol. The van der Waals surface area contributed by atoms with Gasteiger partial charge < -0.3 is 9.64 Å². The maximum absolute atomic E-state index is 12.7. The van der Waals surface area contributed by atoms with Crippen LogP contribution in [0, 0.1) is 6.92 Å². The van der Waals surface area contributed by atoms with Crippen molar-refractivity contribution in [3.63, 3.8) is 0 Å². The molecule has 0 aliphatic carbocycles. The van der Waals surface area contributed by atoms with Crippen LogP contribution in [0.15, 0.2) is 47.4 Å². The van der Waals surface area contributed by atoms with Crippen LogP contribution in [0.25, 0.3) is 0 Å². The van der Waals surface area contributed by atoms with Gasteiger partial charge in [-0.05, 0) is 50.1 Å². The Hall–Kier alpha value is -2.54. The molecule has 0 radical (unpaired) electrons. The summed E-state index contributed by atoms with van der Waals surface area (Å²) in [4.78, 5) is 14.5. The van der Waals surface area contributed by atoms with Crippen molar-refractivity contribution < 1.29 is 17.9 Å². The van der Waals surface area contributed by atoms with E-state index in [4.69, 9.17) is 4.74 Å². The van der Waals surface area contributed by atoms with Crippen molar-refractivity contribution in [3.05, 3.63) is 53.6 Å². The number of nitrogens with one attached hydrogen (secondary N) is 1. The Bertz CT molecular complexity index is 902. The van der Waals surface area contributed by atoms with E-state index in [2.05, 4.69) is 4.72 Å². The summed E-state index contributed by atoms with van der Waals surface area (Å²) in [6, 6.07) is 11.4. The monoisotopic (exact) mass is 374 g/mol. The number of nitrogens with zero attached hydrogens (tertiary/aromatic N) is 1. The molecule has 26 heavy (non-hydrogen) atoms. The molecular formula is C19H22N2O4S. The van der Waals surface area contributed by atoms with Crippen LogP contribution in [0.3, 0.4) is 0 Å². The van der Waals surface area contributed by atoms with Crippen LogP contribution in [0.1, 0.15) is 28.8 Å². The van der Waals surface area contributed by atoms with Crippen molar-refractivity contribution in [1.82, 2.24) is 4.90 Å². The first-order valence-electron chi connectivity index (χ1n) is 8.47. The van der Waals surface area contributed by atoms with Crippen LogP contribution in [0.5, 0.6) is 5.75 Å². The highest BCUT2D eigenvalue weighted by molar-refractivity contribution is 7.92. The summed E-state index contributed by atoms with van der Waals surface area (Å²) in [6.45, 7) is 3.29. The van der Waals surface area contributed by atoms with Crippen LogP contribution in [0.4, 0.5) is 5.69 Å². The van der Waals surface area contributed by atoms with Crippen molar-refractivity contribution in [2.24, 2.45) is 0 Å². The number of likely N-dealkylation sites (tertiary alicyclic amines) is 1. The number of amides is 1. The summed E-state index contributed by atoms with van der Waals surface area (Å²) in [5, 5.41) is 0. The molecule has 1 amide bonds. The highest BCUT2D eigenvalue weighted by atomic mass is 32.2. The number of benzene rings is 2. The zero-order valence-electron chi connectivity index (χ0n) is 14.9. The Morgan fingerprint density at radius 1 is 1.08 bits per heavy atom. The third-order valence-corrected chi connectivity index (χ3v) is 5.79. The van der Waals surface area contributed by atoms with Crippen LogP contribution >= 0.6 is 0 Å². The maximum Gasteiger partial charge on any atom is 0.261 e. The van der Waals surface area contributed by atoms with E-state index in [0.29, 0.717) is 24.5 Å². The Kier molecular flexibility index (Phi) is 5.18. The lowest BCUT2D eigenvalue weighted by molar-refractivity contribution is 0.0789. The average Bonchev–Trinajstić information content (AvgIpc) is 3.17. The predicted octanol–water partition coefficient (Wildman–Crippen LogP) is 3.04. The fraction of sp³-hybridized carbons (Fsp3) is 0.316. The van der Waals surface area contributed by atoms with E-state index in [1.54, 1.807) is 17.0 Å². The highest BCUT2D eigenvalue weighted by Gasteiger charge is 2.25. The van der Waals surface area contributed by atoms with Gasteiger partial charge in [0.05, 0.1) is 17.6 Å². The molecule has 1 N–H and O–H groups in total. The minimum atomic E-state index is -3.81. The largest absolute Gasteiger partial charge is 0.496 e. The number of aryl methyl sites for hydroxylation is 1. The number of hydrogen-bond donors (Lipinski definition) is 1. The van der Waals surface area contributed by atoms with Crippen LogP contribution in [-0.2, 0) is 10.0 Å². The van der Waals surface area contributed by atoms with E-state index < -0.39 is 10.0 Å². The number of anilines is 1. The molecular weight excluding hydrogens is 352 g/mol. The van der Waals surface area contributed by atoms with E-state index >= 15 is 0 Å². The van der Waals surface area contributed by atoms with Gasteiger partial charge in [-0.3, -0.25) is 9.52 Å². The lowest BCUT2D eigenvalue weighted by Gasteiger charge is -2.18. The van der Waals surface area contributed by atoms with Crippen molar-refractivity contribution in [3.8, 4) is 5.75 Å². The third-order valence-electron chi connectivity index (χ3n) is 4.41. The van der Waals surface area contributed by atoms with E-state index in [9.17, 15) is 13.2 Å². The summed E-state index contributed by atoms with van der Waals surface area (Å²) < 4.78 is 33.2. The zero-order chi connectivity index (χ0) is 18.7. The second kappa shape index (κ2) is 7.37. The van der Waals surface area contributed by atoms with Gasteiger partial charge in [0.2, 0.25) is 0 Å². The molecule has 2 aromatic carbocycles. The van der Waals surface area contributed by atoms with Gasteiger partial charge in [-0.2, -0.15) is 0 Å². The molecule has 7 heteroatoms. The molecule has 0 bridgehead atoms. The molecule has 3 rings (SSSR count). The summed E-state index contributed by atoms with van der Waals surface area (Å²) in [5.41, 5.74) is 1.77. The smallest absolute Gasteiger partial charge is 0.261 e. The highest BCUT2D eigenvalue weighted by Crippen LogP contribution is 2.26. The maximum atomic E-state index is 12.7. The Balaban J connectivity index is 1.92. The zero-order valence-corrected chi connectivity index (χ0v) is 15.7.